The first-order valence-corrected chi connectivity index (χ1v) is 14.7. The molecule has 12 rings (SSSR count). The van der Waals surface area contributed by atoms with Crippen LogP contribution >= 0.6 is 0 Å². The maximum atomic E-state index is 6.27. The van der Waals surface area contributed by atoms with Crippen LogP contribution in [0, 0.1) is 0 Å². The van der Waals surface area contributed by atoms with Gasteiger partial charge < -0.3 is 19.3 Å². The van der Waals surface area contributed by atoms with E-state index in [-0.39, 0.29) is 5.92 Å². The van der Waals surface area contributed by atoms with Crippen molar-refractivity contribution in [1.82, 2.24) is 20.8 Å². The lowest BCUT2D eigenvalue weighted by Gasteiger charge is -2.47. The first kappa shape index (κ1) is 21.6. The van der Waals surface area contributed by atoms with Crippen molar-refractivity contribution in [3.8, 4) is 22.6 Å². The van der Waals surface area contributed by atoms with Gasteiger partial charge >= 0.3 is 17.2 Å². The van der Waals surface area contributed by atoms with E-state index in [2.05, 4.69) is 105 Å². The largest absolute Gasteiger partial charge is 0.485 e. The van der Waals surface area contributed by atoms with E-state index in [0.29, 0.717) is 13.5 Å². The number of ether oxygens (including phenoxy) is 2. The van der Waals surface area contributed by atoms with Gasteiger partial charge in [0.1, 0.15) is 36.1 Å². The van der Waals surface area contributed by atoms with Gasteiger partial charge in [-0.05, 0) is 58.7 Å². The zero-order valence-electron chi connectivity index (χ0n) is 23.3. The van der Waals surface area contributed by atoms with Crippen LogP contribution in [-0.2, 0) is 11.3 Å². The molecule has 0 fully saturated rings. The predicted octanol–water partition coefficient (Wildman–Crippen LogP) is 2.38. The van der Waals surface area contributed by atoms with Crippen LogP contribution in [0.4, 0.5) is 22.7 Å². The Kier molecular flexibility index (Phi) is 3.25. The fourth-order valence-electron chi connectivity index (χ4n) is 9.54. The number of benzene rings is 4. The molecule has 1 aromatic heterocycles. The van der Waals surface area contributed by atoms with Crippen molar-refractivity contribution < 1.29 is 18.8 Å². The normalized spacial score (nSPS) is 25.8. The molecule has 206 valence electrons. The summed E-state index contributed by atoms with van der Waals surface area (Å²) in [5, 5.41) is 18.0. The van der Waals surface area contributed by atoms with E-state index in [1.807, 2.05) is 0 Å². The zero-order chi connectivity index (χ0) is 28.0. The lowest BCUT2D eigenvalue weighted by Crippen LogP contribution is -2.83. The van der Waals surface area contributed by atoms with Gasteiger partial charge in [-0.3, -0.25) is 0 Å². The third-order valence-electron chi connectivity index (χ3n) is 11.0. The topological polar surface area (TPSA) is 82.5 Å². The number of anilines is 4. The minimum absolute atomic E-state index is 0.0362. The number of hydrogen-bond acceptors (Lipinski definition) is 8. The molecular weight excluding hydrogens is 540 g/mol. The molecule has 6 aliphatic heterocycles. The van der Waals surface area contributed by atoms with Crippen molar-refractivity contribution in [3.05, 3.63) is 106 Å². The minimum Gasteiger partial charge on any atom is -0.477 e. The van der Waals surface area contributed by atoms with Gasteiger partial charge in [0.05, 0.1) is 33.9 Å². The van der Waals surface area contributed by atoms with Crippen LogP contribution in [0.5, 0.6) is 11.5 Å². The molecule has 10 heteroatoms. The van der Waals surface area contributed by atoms with Crippen molar-refractivity contribution in [2.75, 3.05) is 37.4 Å². The molecule has 0 amide bonds. The number of nitrogens with one attached hydrogen (secondary N) is 2. The zero-order valence-corrected chi connectivity index (χ0v) is 23.3. The quantitative estimate of drug-likeness (QED) is 0.272. The second-order valence-corrected chi connectivity index (χ2v) is 12.4. The number of aromatic nitrogens is 4. The van der Waals surface area contributed by atoms with Crippen LogP contribution in [0.1, 0.15) is 45.1 Å². The second kappa shape index (κ2) is 6.46. The standard InChI is InChI=1S/C33H24N8O2/c1-38-18-5-3-7-22-27(18)32(34-14-42-22)29-20(38)11-9-16-17-10-12-21-30-25(17)26(24(16)29)31-40(32)36-13-37-41(31)33(30)28-19(39(21)2)6-4-8-23(28)43-15-35-33/h3-13,26,34-35H,14-15H2,1-2H3/q+2. The Morgan fingerprint density at radius 1 is 0.674 bits per heavy atom. The van der Waals surface area contributed by atoms with E-state index in [9.17, 15) is 0 Å². The molecule has 7 heterocycles. The summed E-state index contributed by atoms with van der Waals surface area (Å²) >= 11 is 0. The maximum absolute atomic E-state index is 6.27. The molecule has 1 aliphatic carbocycles. The van der Waals surface area contributed by atoms with Crippen molar-refractivity contribution in [2.24, 2.45) is 0 Å². The van der Waals surface area contributed by atoms with Gasteiger partial charge in [0, 0.05) is 33.7 Å². The summed E-state index contributed by atoms with van der Waals surface area (Å²) in [6.07, 6.45) is 1.71. The maximum Gasteiger partial charge on any atom is 0.485 e. The van der Waals surface area contributed by atoms with Crippen LogP contribution in [0.3, 0.4) is 0 Å². The Labute approximate surface area is 245 Å². The van der Waals surface area contributed by atoms with Crippen LogP contribution in [0.15, 0.2) is 67.0 Å². The Bertz CT molecular complexity index is 2080. The molecule has 7 aliphatic rings. The molecule has 0 saturated carbocycles. The highest BCUT2D eigenvalue weighted by Gasteiger charge is 2.74. The molecule has 2 N–H and O–H groups in total. The summed E-state index contributed by atoms with van der Waals surface area (Å²) in [7, 11) is 4.32. The summed E-state index contributed by atoms with van der Waals surface area (Å²) in [6, 6.07) is 21.9. The lowest BCUT2D eigenvalue weighted by atomic mass is 9.70. The highest BCUT2D eigenvalue weighted by atomic mass is 16.5. The van der Waals surface area contributed by atoms with Gasteiger partial charge in [0.15, 0.2) is 5.92 Å². The smallest absolute Gasteiger partial charge is 0.477 e. The van der Waals surface area contributed by atoms with Crippen molar-refractivity contribution in [3.63, 3.8) is 0 Å². The molecule has 2 spiro atoms. The van der Waals surface area contributed by atoms with Gasteiger partial charge in [-0.25, -0.2) is 10.6 Å². The summed E-state index contributed by atoms with van der Waals surface area (Å²) < 4.78 is 17.0. The minimum atomic E-state index is -0.772. The molecular formula is C33H24N8O2+2. The van der Waals surface area contributed by atoms with Gasteiger partial charge in [-0.2, -0.15) is 0 Å². The molecule has 5 aromatic rings. The van der Waals surface area contributed by atoms with E-state index >= 15 is 0 Å². The Morgan fingerprint density at radius 2 is 1.16 bits per heavy atom. The summed E-state index contributed by atoms with van der Waals surface area (Å²) in [5.41, 5.74) is 12.9. The van der Waals surface area contributed by atoms with E-state index in [0.717, 1.165) is 39.8 Å². The van der Waals surface area contributed by atoms with Gasteiger partial charge in [-0.15, -0.1) is 0 Å². The predicted molar refractivity (Wildman–Crippen MR) is 154 cm³/mol. The van der Waals surface area contributed by atoms with Gasteiger partial charge in [-0.1, -0.05) is 24.3 Å². The van der Waals surface area contributed by atoms with Crippen molar-refractivity contribution >= 4 is 22.7 Å². The molecule has 0 bridgehead atoms. The van der Waals surface area contributed by atoms with Crippen LogP contribution < -0.4 is 39.3 Å². The van der Waals surface area contributed by atoms with Gasteiger partial charge in [0.2, 0.25) is 6.33 Å². The number of hydrogen-bond donors (Lipinski definition) is 2. The summed E-state index contributed by atoms with van der Waals surface area (Å²) in [5.74, 6) is 2.75. The van der Waals surface area contributed by atoms with Crippen LogP contribution in [-0.4, -0.2) is 37.8 Å². The molecule has 10 nitrogen and oxygen atoms in total. The first-order valence-electron chi connectivity index (χ1n) is 14.7. The first-order chi connectivity index (χ1) is 21.2. The average molecular weight is 565 g/mol. The lowest BCUT2D eigenvalue weighted by molar-refractivity contribution is -0.938. The van der Waals surface area contributed by atoms with E-state index in [1.165, 1.54) is 44.8 Å². The second-order valence-electron chi connectivity index (χ2n) is 12.4. The highest BCUT2D eigenvalue weighted by Crippen LogP contribution is 2.65. The Hall–Kier alpha value is -5.06. The molecule has 2 unspecified atom stereocenters. The van der Waals surface area contributed by atoms with E-state index in [4.69, 9.17) is 19.7 Å². The van der Waals surface area contributed by atoms with Crippen LogP contribution in [0.2, 0.25) is 0 Å². The fourth-order valence-corrected chi connectivity index (χ4v) is 9.54. The third-order valence-corrected chi connectivity index (χ3v) is 11.0. The Morgan fingerprint density at radius 3 is 1.67 bits per heavy atom. The number of nitrogens with zero attached hydrogens (tertiary/aromatic N) is 6. The van der Waals surface area contributed by atoms with E-state index in [1.54, 1.807) is 6.33 Å². The van der Waals surface area contributed by atoms with E-state index < -0.39 is 11.3 Å². The summed E-state index contributed by atoms with van der Waals surface area (Å²) in [4.78, 5) is 4.62. The van der Waals surface area contributed by atoms with Crippen molar-refractivity contribution in [2.45, 2.75) is 17.2 Å². The van der Waals surface area contributed by atoms with Crippen molar-refractivity contribution in [1.29, 1.82) is 0 Å². The molecule has 0 radical (unpaired) electrons. The number of rotatable bonds is 0. The molecule has 0 saturated heterocycles. The number of fused-ring (bicyclic) bond motifs is 1. The average Bonchev–Trinajstić information content (AvgIpc) is 3.39. The van der Waals surface area contributed by atoms with Crippen LogP contribution in [0.25, 0.3) is 11.1 Å². The monoisotopic (exact) mass is 564 g/mol. The Balaban J connectivity index is 1.34. The fraction of sp³-hybridized carbons (Fsp3) is 0.212. The molecule has 4 aromatic carbocycles. The third kappa shape index (κ3) is 1.93. The molecule has 2 atom stereocenters. The molecule has 43 heavy (non-hydrogen) atoms. The van der Waals surface area contributed by atoms with Gasteiger partial charge in [0.25, 0.3) is 0 Å². The summed E-state index contributed by atoms with van der Waals surface area (Å²) in [6.45, 7) is 0.726. The highest BCUT2D eigenvalue weighted by molar-refractivity contribution is 5.94. The SMILES string of the molecule is CN1c2cccc3c2C2(NCO3)c3c1ccc1c3C3c4c-1ccc1c4C4(NCOc5cccc(c54)N1C)[n+]1ncn[n+]2c13.